The van der Waals surface area contributed by atoms with Gasteiger partial charge in [0.15, 0.2) is 0 Å². The first-order valence-electron chi connectivity index (χ1n) is 6.38. The van der Waals surface area contributed by atoms with Gasteiger partial charge < -0.3 is 5.32 Å². The Morgan fingerprint density at radius 2 is 1.94 bits per heavy atom. The Morgan fingerprint density at radius 3 is 2.61 bits per heavy atom. The molecule has 0 amide bonds. The molecule has 0 saturated carbocycles. The van der Waals surface area contributed by atoms with Crippen LogP contribution in [0.15, 0.2) is 29.2 Å². The zero-order valence-corrected chi connectivity index (χ0v) is 11.5. The summed E-state index contributed by atoms with van der Waals surface area (Å²) in [5.74, 6) is 0. The molecule has 1 aromatic rings. The third kappa shape index (κ3) is 2.91. The molecule has 0 radical (unpaired) electrons. The zero-order valence-electron chi connectivity index (χ0n) is 10.7. The Bertz CT molecular complexity index is 493. The van der Waals surface area contributed by atoms with Gasteiger partial charge in [0.25, 0.3) is 0 Å². The molecule has 1 fully saturated rings. The summed E-state index contributed by atoms with van der Waals surface area (Å²) in [6.07, 6.45) is 3.07. The first-order valence-corrected chi connectivity index (χ1v) is 7.82. The minimum atomic E-state index is -3.30. The standard InChI is InChI=1S/C13H20N2O2S/c1-14-11-12-6-5-7-13(10-12)18(16,17)15-8-3-2-4-9-15/h5-7,10,14H,2-4,8-9,11H2,1H3. The predicted octanol–water partition coefficient (Wildman–Crippen LogP) is 1.58. The molecule has 1 saturated heterocycles. The summed E-state index contributed by atoms with van der Waals surface area (Å²) in [5, 5.41) is 3.03. The molecule has 4 nitrogen and oxygen atoms in total. The van der Waals surface area contributed by atoms with Gasteiger partial charge in [0.1, 0.15) is 0 Å². The molecule has 100 valence electrons. The zero-order chi connectivity index (χ0) is 13.0. The van der Waals surface area contributed by atoms with Crippen LogP contribution in [0.1, 0.15) is 24.8 Å². The Labute approximate surface area is 109 Å². The van der Waals surface area contributed by atoms with E-state index in [0.717, 1.165) is 24.8 Å². The summed E-state index contributed by atoms with van der Waals surface area (Å²) in [6, 6.07) is 7.19. The number of rotatable bonds is 4. The summed E-state index contributed by atoms with van der Waals surface area (Å²) in [5.41, 5.74) is 0.996. The monoisotopic (exact) mass is 268 g/mol. The molecule has 2 rings (SSSR count). The fraction of sp³-hybridized carbons (Fsp3) is 0.538. The van der Waals surface area contributed by atoms with Gasteiger partial charge >= 0.3 is 0 Å². The van der Waals surface area contributed by atoms with Gasteiger partial charge in [-0.05, 0) is 37.6 Å². The molecule has 1 heterocycles. The van der Waals surface area contributed by atoms with E-state index < -0.39 is 10.0 Å². The van der Waals surface area contributed by atoms with Crippen molar-refractivity contribution in [3.8, 4) is 0 Å². The topological polar surface area (TPSA) is 49.4 Å². The van der Waals surface area contributed by atoms with Gasteiger partial charge in [-0.1, -0.05) is 18.6 Å². The second kappa shape index (κ2) is 5.82. The highest BCUT2D eigenvalue weighted by atomic mass is 32.2. The second-order valence-electron chi connectivity index (χ2n) is 4.64. The van der Waals surface area contributed by atoms with Crippen molar-refractivity contribution in [2.75, 3.05) is 20.1 Å². The van der Waals surface area contributed by atoms with Crippen molar-refractivity contribution >= 4 is 10.0 Å². The van der Waals surface area contributed by atoms with Crippen molar-refractivity contribution in [3.63, 3.8) is 0 Å². The Morgan fingerprint density at radius 1 is 1.22 bits per heavy atom. The van der Waals surface area contributed by atoms with Crippen LogP contribution in [0, 0.1) is 0 Å². The van der Waals surface area contributed by atoms with Crippen LogP contribution in [-0.4, -0.2) is 32.9 Å². The predicted molar refractivity (Wildman–Crippen MR) is 71.8 cm³/mol. The van der Waals surface area contributed by atoms with Crippen LogP contribution < -0.4 is 5.32 Å². The van der Waals surface area contributed by atoms with Crippen LogP contribution in [0.2, 0.25) is 0 Å². The number of nitrogens with one attached hydrogen (secondary N) is 1. The van der Waals surface area contributed by atoms with E-state index in [2.05, 4.69) is 5.32 Å². The maximum atomic E-state index is 12.4. The molecule has 1 N–H and O–H groups in total. The minimum Gasteiger partial charge on any atom is -0.316 e. The van der Waals surface area contributed by atoms with E-state index in [1.54, 1.807) is 16.4 Å². The smallest absolute Gasteiger partial charge is 0.243 e. The second-order valence-corrected chi connectivity index (χ2v) is 6.58. The van der Waals surface area contributed by atoms with E-state index in [9.17, 15) is 8.42 Å². The number of benzene rings is 1. The van der Waals surface area contributed by atoms with E-state index in [0.29, 0.717) is 24.5 Å². The first-order chi connectivity index (χ1) is 8.64. The average Bonchev–Trinajstić information content (AvgIpc) is 2.40. The van der Waals surface area contributed by atoms with Gasteiger partial charge in [0.2, 0.25) is 10.0 Å². The van der Waals surface area contributed by atoms with Crippen molar-refractivity contribution in [3.05, 3.63) is 29.8 Å². The van der Waals surface area contributed by atoms with Crippen LogP contribution >= 0.6 is 0 Å². The van der Waals surface area contributed by atoms with Crippen molar-refractivity contribution in [2.24, 2.45) is 0 Å². The van der Waals surface area contributed by atoms with Crippen LogP contribution in [0.3, 0.4) is 0 Å². The molecule has 0 aromatic heterocycles. The van der Waals surface area contributed by atoms with Crippen molar-refractivity contribution in [1.29, 1.82) is 0 Å². The molecule has 0 unspecified atom stereocenters. The molecule has 0 bridgehead atoms. The summed E-state index contributed by atoms with van der Waals surface area (Å²) >= 11 is 0. The summed E-state index contributed by atoms with van der Waals surface area (Å²) in [7, 11) is -1.44. The number of nitrogens with zero attached hydrogens (tertiary/aromatic N) is 1. The number of sulfonamides is 1. The summed E-state index contributed by atoms with van der Waals surface area (Å²) in [4.78, 5) is 0.414. The van der Waals surface area contributed by atoms with E-state index in [-0.39, 0.29) is 0 Å². The molecule has 1 aliphatic rings. The summed E-state index contributed by atoms with van der Waals surface area (Å²) < 4.78 is 26.5. The van der Waals surface area contributed by atoms with Gasteiger partial charge in [-0.2, -0.15) is 4.31 Å². The van der Waals surface area contributed by atoms with Gasteiger partial charge in [0, 0.05) is 19.6 Å². The lowest BCUT2D eigenvalue weighted by Gasteiger charge is -2.26. The third-order valence-electron chi connectivity index (χ3n) is 3.23. The highest BCUT2D eigenvalue weighted by Gasteiger charge is 2.25. The SMILES string of the molecule is CNCc1cccc(S(=O)(=O)N2CCCCC2)c1. The molecule has 18 heavy (non-hydrogen) atoms. The van der Waals surface area contributed by atoms with Crippen molar-refractivity contribution in [1.82, 2.24) is 9.62 Å². The van der Waals surface area contributed by atoms with Gasteiger partial charge in [0.05, 0.1) is 4.90 Å². The molecule has 0 atom stereocenters. The lowest BCUT2D eigenvalue weighted by atomic mass is 10.2. The fourth-order valence-corrected chi connectivity index (χ4v) is 3.86. The number of hydrogen-bond donors (Lipinski definition) is 1. The maximum absolute atomic E-state index is 12.4. The molecule has 5 heteroatoms. The minimum absolute atomic E-state index is 0.414. The van der Waals surface area contributed by atoms with Gasteiger partial charge in [-0.25, -0.2) is 8.42 Å². The molecule has 1 aromatic carbocycles. The lowest BCUT2D eigenvalue weighted by Crippen LogP contribution is -2.35. The van der Waals surface area contributed by atoms with Gasteiger partial charge in [-0.15, -0.1) is 0 Å². The van der Waals surface area contributed by atoms with Crippen LogP contribution in [-0.2, 0) is 16.6 Å². The Balaban J connectivity index is 2.25. The number of hydrogen-bond acceptors (Lipinski definition) is 3. The van der Waals surface area contributed by atoms with Gasteiger partial charge in [-0.3, -0.25) is 0 Å². The lowest BCUT2D eigenvalue weighted by molar-refractivity contribution is 0.346. The molecular formula is C13H20N2O2S. The van der Waals surface area contributed by atoms with Crippen LogP contribution in [0.5, 0.6) is 0 Å². The van der Waals surface area contributed by atoms with E-state index in [1.165, 1.54) is 0 Å². The highest BCUT2D eigenvalue weighted by molar-refractivity contribution is 7.89. The quantitative estimate of drug-likeness (QED) is 0.902. The highest BCUT2D eigenvalue weighted by Crippen LogP contribution is 2.21. The normalized spacial score (nSPS) is 17.8. The molecule has 1 aliphatic heterocycles. The molecule has 0 spiro atoms. The Kier molecular flexibility index (Phi) is 4.37. The Hall–Kier alpha value is -0.910. The average molecular weight is 268 g/mol. The van der Waals surface area contributed by atoms with Crippen molar-refractivity contribution in [2.45, 2.75) is 30.7 Å². The van der Waals surface area contributed by atoms with Crippen LogP contribution in [0.4, 0.5) is 0 Å². The first kappa shape index (κ1) is 13.5. The van der Waals surface area contributed by atoms with E-state index >= 15 is 0 Å². The van der Waals surface area contributed by atoms with E-state index in [1.807, 2.05) is 19.2 Å². The molecular weight excluding hydrogens is 248 g/mol. The van der Waals surface area contributed by atoms with Crippen LogP contribution in [0.25, 0.3) is 0 Å². The molecule has 0 aliphatic carbocycles. The largest absolute Gasteiger partial charge is 0.316 e. The number of piperidine rings is 1. The fourth-order valence-electron chi connectivity index (χ4n) is 2.27. The van der Waals surface area contributed by atoms with E-state index in [4.69, 9.17) is 0 Å². The third-order valence-corrected chi connectivity index (χ3v) is 5.13. The maximum Gasteiger partial charge on any atom is 0.243 e. The summed E-state index contributed by atoms with van der Waals surface area (Å²) in [6.45, 7) is 1.99. The van der Waals surface area contributed by atoms with Crippen molar-refractivity contribution < 1.29 is 8.42 Å².